The van der Waals surface area contributed by atoms with Gasteiger partial charge in [-0.25, -0.2) is 4.39 Å². The molecule has 7 heteroatoms. The largest absolute Gasteiger partial charge is 0.503 e. The monoisotopic (exact) mass is 426 g/mol. The molecule has 1 unspecified atom stereocenters. The van der Waals surface area contributed by atoms with E-state index in [-0.39, 0.29) is 5.57 Å². The number of nitrogens with zero attached hydrogens (tertiary/aromatic N) is 2. The van der Waals surface area contributed by atoms with Crippen molar-refractivity contribution in [3.8, 4) is 0 Å². The van der Waals surface area contributed by atoms with Gasteiger partial charge in [0.2, 0.25) is 0 Å². The van der Waals surface area contributed by atoms with E-state index >= 15 is 0 Å². The molecule has 0 fully saturated rings. The number of halogens is 1. The van der Waals surface area contributed by atoms with Gasteiger partial charge in [-0.2, -0.15) is 0 Å². The fourth-order valence-corrected chi connectivity index (χ4v) is 3.77. The molecule has 0 saturated heterocycles. The van der Waals surface area contributed by atoms with Crippen LogP contribution < -0.4 is 0 Å². The Balaban J connectivity index is 1.88. The maximum Gasteiger partial charge on any atom is 0.290 e. The Bertz CT molecular complexity index is 960. The average Bonchev–Trinajstić information content (AvgIpc) is 3.38. The predicted octanol–water partition coefficient (Wildman–Crippen LogP) is 4.13. The number of furan rings is 1. The van der Waals surface area contributed by atoms with Crippen molar-refractivity contribution in [1.29, 1.82) is 0 Å². The molecule has 164 valence electrons. The summed E-state index contributed by atoms with van der Waals surface area (Å²) in [6, 6.07) is 8.24. The van der Waals surface area contributed by atoms with Crippen LogP contribution in [0.15, 0.2) is 64.5 Å². The zero-order valence-corrected chi connectivity index (χ0v) is 17.8. The Morgan fingerprint density at radius 2 is 1.94 bits per heavy atom. The molecule has 2 heterocycles. The number of hydrogen-bond donors (Lipinski definition) is 1. The Kier molecular flexibility index (Phi) is 7.41. The van der Waals surface area contributed by atoms with Gasteiger partial charge in [-0.05, 0) is 68.0 Å². The third kappa shape index (κ3) is 5.11. The van der Waals surface area contributed by atoms with Crippen LogP contribution in [-0.4, -0.2) is 52.8 Å². The van der Waals surface area contributed by atoms with Gasteiger partial charge in [0.15, 0.2) is 11.5 Å². The molecule has 1 aliphatic rings. The molecule has 0 aliphatic carbocycles. The minimum absolute atomic E-state index is 0.0118. The first-order valence-electron chi connectivity index (χ1n) is 10.4. The molecule has 1 atom stereocenters. The van der Waals surface area contributed by atoms with Crippen LogP contribution in [0.4, 0.5) is 4.39 Å². The standard InChI is InChI=1S/C24H27FN2O4/c1-3-26(4-2)14-6-15-27-22(17-8-10-18(25)11-9-17)21(23(29)24(27)30)20(28)13-12-19-7-5-16-31-19/h5,7-13,16,22,29H,3-4,6,14-15H2,1-2H3. The van der Waals surface area contributed by atoms with E-state index in [1.54, 1.807) is 12.1 Å². The molecule has 0 bridgehead atoms. The van der Waals surface area contributed by atoms with Crippen molar-refractivity contribution in [2.45, 2.75) is 26.3 Å². The Labute approximate surface area is 181 Å². The summed E-state index contributed by atoms with van der Waals surface area (Å²) in [6.45, 7) is 7.09. The second-order valence-electron chi connectivity index (χ2n) is 7.31. The molecule has 1 aromatic heterocycles. The summed E-state index contributed by atoms with van der Waals surface area (Å²) in [7, 11) is 0. The lowest BCUT2D eigenvalue weighted by molar-refractivity contribution is -0.129. The van der Waals surface area contributed by atoms with Crippen molar-refractivity contribution in [3.63, 3.8) is 0 Å². The predicted molar refractivity (Wildman–Crippen MR) is 116 cm³/mol. The molecule has 1 aliphatic heterocycles. The first-order valence-corrected chi connectivity index (χ1v) is 10.4. The Morgan fingerprint density at radius 3 is 2.55 bits per heavy atom. The van der Waals surface area contributed by atoms with Crippen molar-refractivity contribution in [2.75, 3.05) is 26.2 Å². The number of benzene rings is 1. The van der Waals surface area contributed by atoms with Gasteiger partial charge in [-0.15, -0.1) is 0 Å². The summed E-state index contributed by atoms with van der Waals surface area (Å²) < 4.78 is 18.7. The van der Waals surface area contributed by atoms with Gasteiger partial charge in [0.05, 0.1) is 17.9 Å². The summed E-state index contributed by atoms with van der Waals surface area (Å²) in [5, 5.41) is 10.6. The molecule has 31 heavy (non-hydrogen) atoms. The summed E-state index contributed by atoms with van der Waals surface area (Å²) >= 11 is 0. The topological polar surface area (TPSA) is 74.0 Å². The van der Waals surface area contributed by atoms with Crippen molar-refractivity contribution in [1.82, 2.24) is 9.80 Å². The summed E-state index contributed by atoms with van der Waals surface area (Å²) in [5.74, 6) is -1.59. The quantitative estimate of drug-likeness (QED) is 0.579. The van der Waals surface area contributed by atoms with Gasteiger partial charge in [0.25, 0.3) is 5.91 Å². The lowest BCUT2D eigenvalue weighted by Crippen LogP contribution is -2.34. The van der Waals surface area contributed by atoms with E-state index in [1.807, 2.05) is 0 Å². The number of carbonyl (C=O) groups excluding carboxylic acids is 2. The molecule has 0 spiro atoms. The summed E-state index contributed by atoms with van der Waals surface area (Å²) in [4.78, 5) is 29.5. The first-order chi connectivity index (χ1) is 15.0. The van der Waals surface area contributed by atoms with E-state index < -0.39 is 29.3 Å². The van der Waals surface area contributed by atoms with Crippen LogP contribution in [-0.2, 0) is 9.59 Å². The summed E-state index contributed by atoms with van der Waals surface area (Å²) in [5.41, 5.74) is 0.554. The minimum Gasteiger partial charge on any atom is -0.503 e. The lowest BCUT2D eigenvalue weighted by atomic mass is 9.95. The zero-order valence-electron chi connectivity index (χ0n) is 17.8. The highest BCUT2D eigenvalue weighted by molar-refractivity contribution is 6.14. The smallest absolute Gasteiger partial charge is 0.290 e. The van der Waals surface area contributed by atoms with Crippen LogP contribution >= 0.6 is 0 Å². The van der Waals surface area contributed by atoms with Gasteiger partial charge in [0.1, 0.15) is 11.6 Å². The molecule has 0 radical (unpaired) electrons. The van der Waals surface area contributed by atoms with Gasteiger partial charge < -0.3 is 19.3 Å². The zero-order chi connectivity index (χ0) is 22.4. The van der Waals surface area contributed by atoms with Crippen molar-refractivity contribution < 1.29 is 23.5 Å². The van der Waals surface area contributed by atoms with Crippen molar-refractivity contribution in [2.24, 2.45) is 0 Å². The summed E-state index contributed by atoms with van der Waals surface area (Å²) in [6.07, 6.45) is 4.92. The number of carbonyl (C=O) groups is 2. The molecule has 6 nitrogen and oxygen atoms in total. The van der Waals surface area contributed by atoms with Gasteiger partial charge >= 0.3 is 0 Å². The molecule has 0 saturated carbocycles. The third-order valence-electron chi connectivity index (χ3n) is 5.46. The molecule has 3 rings (SSSR count). The van der Waals surface area contributed by atoms with Crippen molar-refractivity contribution in [3.05, 3.63) is 77.2 Å². The molecule has 1 N–H and O–H groups in total. The van der Waals surface area contributed by atoms with E-state index in [1.165, 1.54) is 47.6 Å². The van der Waals surface area contributed by atoms with Crippen LogP contribution in [0.2, 0.25) is 0 Å². The first kappa shape index (κ1) is 22.5. The lowest BCUT2D eigenvalue weighted by Gasteiger charge is -2.28. The van der Waals surface area contributed by atoms with Crippen LogP contribution in [0.3, 0.4) is 0 Å². The third-order valence-corrected chi connectivity index (χ3v) is 5.46. The maximum absolute atomic E-state index is 13.5. The molecular formula is C24H27FN2O4. The second kappa shape index (κ2) is 10.2. The fraction of sp³-hybridized carbons (Fsp3) is 0.333. The number of aliphatic hydroxyl groups is 1. The minimum atomic E-state index is -0.779. The van der Waals surface area contributed by atoms with E-state index in [2.05, 4.69) is 18.7 Å². The molecule has 1 amide bonds. The number of aliphatic hydroxyl groups excluding tert-OH is 1. The highest BCUT2D eigenvalue weighted by Gasteiger charge is 2.42. The molecule has 1 aromatic carbocycles. The number of allylic oxidation sites excluding steroid dienone is 1. The Hall–Kier alpha value is -3.19. The maximum atomic E-state index is 13.5. The van der Waals surface area contributed by atoms with E-state index in [0.29, 0.717) is 24.3 Å². The van der Waals surface area contributed by atoms with E-state index in [9.17, 15) is 19.1 Å². The van der Waals surface area contributed by atoms with E-state index in [4.69, 9.17) is 4.42 Å². The number of rotatable bonds is 10. The number of amides is 1. The van der Waals surface area contributed by atoms with Crippen LogP contribution in [0.5, 0.6) is 0 Å². The number of hydrogen-bond acceptors (Lipinski definition) is 5. The molecule has 2 aromatic rings. The van der Waals surface area contributed by atoms with Gasteiger partial charge in [-0.3, -0.25) is 9.59 Å². The Morgan fingerprint density at radius 1 is 1.23 bits per heavy atom. The van der Waals surface area contributed by atoms with Crippen LogP contribution in [0.1, 0.15) is 37.6 Å². The van der Waals surface area contributed by atoms with E-state index in [0.717, 1.165) is 19.6 Å². The van der Waals surface area contributed by atoms with Crippen molar-refractivity contribution >= 4 is 17.8 Å². The normalized spacial score (nSPS) is 16.8. The number of ketones is 1. The van der Waals surface area contributed by atoms with Crippen LogP contribution in [0, 0.1) is 5.82 Å². The SMILES string of the molecule is CCN(CC)CCCN1C(=O)C(O)=C(C(=O)C=Cc2ccco2)C1c1ccc(F)cc1. The van der Waals surface area contributed by atoms with Crippen LogP contribution in [0.25, 0.3) is 6.08 Å². The van der Waals surface area contributed by atoms with Gasteiger partial charge in [-0.1, -0.05) is 26.0 Å². The highest BCUT2D eigenvalue weighted by atomic mass is 19.1. The molecular weight excluding hydrogens is 399 g/mol. The second-order valence-corrected chi connectivity index (χ2v) is 7.31. The van der Waals surface area contributed by atoms with Gasteiger partial charge in [0, 0.05) is 6.54 Å². The highest BCUT2D eigenvalue weighted by Crippen LogP contribution is 2.38. The fourth-order valence-electron chi connectivity index (χ4n) is 3.77. The average molecular weight is 426 g/mol.